The highest BCUT2D eigenvalue weighted by Gasteiger charge is 2.15. The van der Waals surface area contributed by atoms with Gasteiger partial charge in [0, 0.05) is 13.0 Å². The first kappa shape index (κ1) is 18.4. The highest BCUT2D eigenvalue weighted by atomic mass is 16.6. The third kappa shape index (κ3) is 5.31. The SMILES string of the molecule is C[n+]1ccn(CCCNc2ccc(OCc3ccccc3)cc2[N+](=O)[O-])c1. The van der Waals surface area contributed by atoms with Crippen molar-refractivity contribution in [2.45, 2.75) is 19.6 Å². The van der Waals surface area contributed by atoms with Gasteiger partial charge in [0.15, 0.2) is 0 Å². The van der Waals surface area contributed by atoms with Crippen molar-refractivity contribution in [3.63, 3.8) is 0 Å². The number of benzene rings is 2. The molecule has 0 fully saturated rings. The van der Waals surface area contributed by atoms with Crippen molar-refractivity contribution in [1.29, 1.82) is 0 Å². The second kappa shape index (κ2) is 8.84. The van der Waals surface area contributed by atoms with Gasteiger partial charge in [0.1, 0.15) is 30.4 Å². The van der Waals surface area contributed by atoms with Crippen LogP contribution in [0.5, 0.6) is 5.75 Å². The molecule has 1 aromatic heterocycles. The van der Waals surface area contributed by atoms with Crippen LogP contribution in [0.3, 0.4) is 0 Å². The molecule has 27 heavy (non-hydrogen) atoms. The van der Waals surface area contributed by atoms with Gasteiger partial charge in [0.05, 0.1) is 24.6 Å². The molecule has 0 atom stereocenters. The number of hydrogen-bond donors (Lipinski definition) is 1. The average molecular weight is 367 g/mol. The Hall–Kier alpha value is -3.35. The molecular weight excluding hydrogens is 344 g/mol. The van der Waals surface area contributed by atoms with Crippen LogP contribution in [-0.4, -0.2) is 16.0 Å². The number of hydrogen-bond acceptors (Lipinski definition) is 4. The summed E-state index contributed by atoms with van der Waals surface area (Å²) in [6.07, 6.45) is 6.84. The van der Waals surface area contributed by atoms with E-state index in [1.165, 1.54) is 6.07 Å². The van der Waals surface area contributed by atoms with Gasteiger partial charge in [-0.15, -0.1) is 0 Å². The molecule has 1 N–H and O–H groups in total. The molecule has 0 saturated heterocycles. The molecule has 3 rings (SSSR count). The molecule has 0 aliphatic carbocycles. The molecule has 7 heteroatoms. The van der Waals surface area contributed by atoms with Crippen LogP contribution in [-0.2, 0) is 20.2 Å². The van der Waals surface area contributed by atoms with E-state index in [2.05, 4.69) is 9.88 Å². The predicted octanol–water partition coefficient (Wildman–Crippen LogP) is 3.30. The van der Waals surface area contributed by atoms with E-state index >= 15 is 0 Å². The Morgan fingerprint density at radius 1 is 1.22 bits per heavy atom. The molecule has 0 aliphatic rings. The number of aryl methyl sites for hydroxylation is 2. The smallest absolute Gasteiger partial charge is 0.296 e. The summed E-state index contributed by atoms with van der Waals surface area (Å²) in [5.74, 6) is 0.482. The minimum Gasteiger partial charge on any atom is -0.489 e. The first-order valence-electron chi connectivity index (χ1n) is 8.82. The Kier molecular flexibility index (Phi) is 6.04. The lowest BCUT2D eigenvalue weighted by molar-refractivity contribution is -0.671. The van der Waals surface area contributed by atoms with Gasteiger partial charge >= 0.3 is 0 Å². The fourth-order valence-corrected chi connectivity index (χ4v) is 2.76. The number of anilines is 1. The van der Waals surface area contributed by atoms with E-state index in [9.17, 15) is 10.1 Å². The maximum absolute atomic E-state index is 11.4. The lowest BCUT2D eigenvalue weighted by Gasteiger charge is -2.10. The first-order valence-corrected chi connectivity index (χ1v) is 8.82. The maximum Gasteiger partial charge on any atom is 0.296 e. The van der Waals surface area contributed by atoms with Crippen molar-refractivity contribution >= 4 is 11.4 Å². The molecule has 0 unspecified atom stereocenters. The number of nitrogens with one attached hydrogen (secondary N) is 1. The topological polar surface area (TPSA) is 73.2 Å². The van der Waals surface area contributed by atoms with Gasteiger partial charge in [0.25, 0.3) is 5.69 Å². The van der Waals surface area contributed by atoms with Crippen LogP contribution in [0.25, 0.3) is 0 Å². The second-order valence-electron chi connectivity index (χ2n) is 6.31. The number of ether oxygens (including phenoxy) is 1. The van der Waals surface area contributed by atoms with E-state index in [-0.39, 0.29) is 10.6 Å². The van der Waals surface area contributed by atoms with E-state index in [0.717, 1.165) is 18.5 Å². The zero-order chi connectivity index (χ0) is 19.1. The van der Waals surface area contributed by atoms with Crippen molar-refractivity contribution in [1.82, 2.24) is 4.57 Å². The Morgan fingerprint density at radius 3 is 2.74 bits per heavy atom. The summed E-state index contributed by atoms with van der Waals surface area (Å²) in [6.45, 7) is 1.87. The van der Waals surface area contributed by atoms with Crippen LogP contribution < -0.4 is 14.6 Å². The highest BCUT2D eigenvalue weighted by molar-refractivity contribution is 5.63. The lowest BCUT2D eigenvalue weighted by Crippen LogP contribution is -2.23. The van der Waals surface area contributed by atoms with Crippen LogP contribution in [0.1, 0.15) is 12.0 Å². The molecule has 140 valence electrons. The van der Waals surface area contributed by atoms with Crippen molar-refractivity contribution in [2.24, 2.45) is 7.05 Å². The molecule has 1 heterocycles. The van der Waals surface area contributed by atoms with Crippen LogP contribution in [0.15, 0.2) is 67.3 Å². The molecule has 0 spiro atoms. The van der Waals surface area contributed by atoms with Crippen molar-refractivity contribution in [3.05, 3.63) is 82.9 Å². The monoisotopic (exact) mass is 367 g/mol. The van der Waals surface area contributed by atoms with Gasteiger partial charge in [0.2, 0.25) is 6.33 Å². The normalized spacial score (nSPS) is 10.6. The van der Waals surface area contributed by atoms with E-state index in [1.54, 1.807) is 12.1 Å². The number of aromatic nitrogens is 2. The quantitative estimate of drug-likeness (QED) is 0.273. The number of rotatable bonds is 9. The van der Waals surface area contributed by atoms with Gasteiger partial charge in [-0.25, -0.2) is 9.13 Å². The van der Waals surface area contributed by atoms with E-state index in [0.29, 0.717) is 24.6 Å². The second-order valence-corrected chi connectivity index (χ2v) is 6.31. The van der Waals surface area contributed by atoms with Crippen LogP contribution in [0.4, 0.5) is 11.4 Å². The molecule has 0 aliphatic heterocycles. The average Bonchev–Trinajstić information content (AvgIpc) is 3.10. The highest BCUT2D eigenvalue weighted by Crippen LogP contribution is 2.29. The number of nitrogens with zero attached hydrogens (tertiary/aromatic N) is 3. The zero-order valence-corrected chi connectivity index (χ0v) is 15.2. The molecule has 0 radical (unpaired) electrons. The van der Waals surface area contributed by atoms with Gasteiger partial charge in [-0.2, -0.15) is 0 Å². The third-order valence-corrected chi connectivity index (χ3v) is 4.15. The molecule has 2 aromatic carbocycles. The Morgan fingerprint density at radius 2 is 2.04 bits per heavy atom. The summed E-state index contributed by atoms with van der Waals surface area (Å²) in [7, 11) is 1.97. The van der Waals surface area contributed by atoms with Gasteiger partial charge in [-0.1, -0.05) is 30.3 Å². The fourth-order valence-electron chi connectivity index (χ4n) is 2.76. The molecular formula is C20H23N4O3+. The Balaban J connectivity index is 1.57. The molecule has 3 aromatic rings. The number of nitro benzene ring substituents is 1. The van der Waals surface area contributed by atoms with Crippen LogP contribution in [0, 0.1) is 10.1 Å². The Labute approximate surface area is 158 Å². The predicted molar refractivity (Wildman–Crippen MR) is 103 cm³/mol. The summed E-state index contributed by atoms with van der Waals surface area (Å²) in [5.41, 5.74) is 1.54. The van der Waals surface area contributed by atoms with E-state index in [4.69, 9.17) is 4.74 Å². The van der Waals surface area contributed by atoms with Gasteiger partial charge in [-0.05, 0) is 17.7 Å². The van der Waals surface area contributed by atoms with Crippen molar-refractivity contribution < 1.29 is 14.2 Å². The summed E-state index contributed by atoms with van der Waals surface area (Å²) in [5, 5.41) is 14.6. The largest absolute Gasteiger partial charge is 0.489 e. The molecule has 0 bridgehead atoms. The van der Waals surface area contributed by atoms with Gasteiger partial charge < -0.3 is 10.1 Å². The minimum atomic E-state index is -0.385. The van der Waals surface area contributed by atoms with Crippen molar-refractivity contribution in [3.8, 4) is 5.75 Å². The third-order valence-electron chi connectivity index (χ3n) is 4.15. The standard InChI is InChI=1S/C20H23N4O3/c1-22-12-13-23(16-22)11-5-10-21-19-9-8-18(14-20(19)24(25)26)27-15-17-6-3-2-4-7-17/h2-4,6-9,12-14,16,21H,5,10-11,15H2,1H3/q+1. The summed E-state index contributed by atoms with van der Waals surface area (Å²) in [4.78, 5) is 11.0. The minimum absolute atomic E-state index is 0.0212. The van der Waals surface area contributed by atoms with Crippen molar-refractivity contribution in [2.75, 3.05) is 11.9 Å². The maximum atomic E-state index is 11.4. The van der Waals surface area contributed by atoms with E-state index in [1.807, 2.05) is 60.7 Å². The number of imidazole rings is 1. The molecule has 0 saturated carbocycles. The van der Waals surface area contributed by atoms with E-state index < -0.39 is 0 Å². The number of nitro groups is 1. The van der Waals surface area contributed by atoms with Gasteiger partial charge in [-0.3, -0.25) is 10.1 Å². The fraction of sp³-hybridized carbons (Fsp3) is 0.250. The summed E-state index contributed by atoms with van der Waals surface area (Å²) < 4.78 is 9.74. The lowest BCUT2D eigenvalue weighted by atomic mass is 10.2. The summed E-state index contributed by atoms with van der Waals surface area (Å²) >= 11 is 0. The first-order chi connectivity index (χ1) is 13.1. The zero-order valence-electron chi connectivity index (χ0n) is 15.2. The Bertz CT molecular complexity index is 893. The van der Waals surface area contributed by atoms with Crippen LogP contribution >= 0.6 is 0 Å². The van der Waals surface area contributed by atoms with Crippen LogP contribution in [0.2, 0.25) is 0 Å². The molecule has 0 amide bonds. The summed E-state index contributed by atoms with van der Waals surface area (Å²) in [6, 6.07) is 14.6. The molecule has 7 nitrogen and oxygen atoms in total.